The molecule has 15 heavy (non-hydrogen) atoms. The van der Waals surface area contributed by atoms with Gasteiger partial charge >= 0.3 is 5.97 Å². The summed E-state index contributed by atoms with van der Waals surface area (Å²) in [6.45, 7) is 3.73. The van der Waals surface area contributed by atoms with E-state index in [-0.39, 0.29) is 6.42 Å². The number of benzene rings is 1. The molecule has 0 aliphatic carbocycles. The summed E-state index contributed by atoms with van der Waals surface area (Å²) >= 11 is 3.32. The van der Waals surface area contributed by atoms with E-state index in [1.54, 1.807) is 19.2 Å². The van der Waals surface area contributed by atoms with Gasteiger partial charge in [-0.1, -0.05) is 22.5 Å². The SMILES string of the molecule is C=C(CC(=O)O)c1cc(Br)ccc1OC. The van der Waals surface area contributed by atoms with Crippen molar-refractivity contribution < 1.29 is 14.6 Å². The topological polar surface area (TPSA) is 46.5 Å². The Hall–Kier alpha value is -1.29. The summed E-state index contributed by atoms with van der Waals surface area (Å²) in [5.41, 5.74) is 1.25. The van der Waals surface area contributed by atoms with Crippen LogP contribution in [0.2, 0.25) is 0 Å². The van der Waals surface area contributed by atoms with Crippen molar-refractivity contribution >= 4 is 27.5 Å². The zero-order valence-electron chi connectivity index (χ0n) is 8.29. The lowest BCUT2D eigenvalue weighted by molar-refractivity contribution is -0.135. The van der Waals surface area contributed by atoms with Gasteiger partial charge in [-0.25, -0.2) is 0 Å². The molecule has 0 aliphatic rings. The Morgan fingerprint density at radius 1 is 1.60 bits per heavy atom. The molecule has 1 rings (SSSR count). The first-order chi connectivity index (χ1) is 7.04. The van der Waals surface area contributed by atoms with E-state index in [1.165, 1.54) is 0 Å². The minimum Gasteiger partial charge on any atom is -0.496 e. The number of carboxylic acids is 1. The van der Waals surface area contributed by atoms with Crippen molar-refractivity contribution in [3.8, 4) is 5.75 Å². The van der Waals surface area contributed by atoms with E-state index in [0.717, 1.165) is 4.47 Å². The molecule has 0 fully saturated rings. The molecular formula is C11H11BrO3. The number of aliphatic carboxylic acids is 1. The predicted octanol–water partition coefficient (Wildman–Crippen LogP) is 2.95. The highest BCUT2D eigenvalue weighted by Gasteiger charge is 2.10. The molecule has 0 aliphatic heterocycles. The molecule has 0 radical (unpaired) electrons. The summed E-state index contributed by atoms with van der Waals surface area (Å²) in [7, 11) is 1.54. The molecule has 0 spiro atoms. The fraction of sp³-hybridized carbons (Fsp3) is 0.182. The van der Waals surface area contributed by atoms with Crippen molar-refractivity contribution in [3.63, 3.8) is 0 Å². The van der Waals surface area contributed by atoms with Gasteiger partial charge in [0.15, 0.2) is 0 Å². The molecule has 0 bridgehead atoms. The number of carbonyl (C=O) groups is 1. The molecule has 1 aromatic rings. The number of rotatable bonds is 4. The molecule has 0 heterocycles. The Kier molecular flexibility index (Phi) is 3.91. The van der Waals surface area contributed by atoms with Gasteiger partial charge in [-0.05, 0) is 23.8 Å². The zero-order valence-corrected chi connectivity index (χ0v) is 9.87. The van der Waals surface area contributed by atoms with Crippen LogP contribution in [-0.4, -0.2) is 18.2 Å². The van der Waals surface area contributed by atoms with E-state index in [0.29, 0.717) is 16.9 Å². The summed E-state index contributed by atoms with van der Waals surface area (Å²) in [6.07, 6.45) is -0.0905. The van der Waals surface area contributed by atoms with Crippen LogP contribution in [0.5, 0.6) is 5.75 Å². The van der Waals surface area contributed by atoms with E-state index in [4.69, 9.17) is 9.84 Å². The van der Waals surface area contributed by atoms with E-state index in [1.807, 2.05) is 6.07 Å². The largest absolute Gasteiger partial charge is 0.496 e. The Morgan fingerprint density at radius 2 is 2.27 bits per heavy atom. The minimum absolute atomic E-state index is 0.0905. The van der Waals surface area contributed by atoms with Crippen molar-refractivity contribution in [3.05, 3.63) is 34.8 Å². The Balaban J connectivity index is 3.05. The lowest BCUT2D eigenvalue weighted by Crippen LogP contribution is -1.98. The number of carboxylic acid groups (broad SMARTS) is 1. The highest BCUT2D eigenvalue weighted by atomic mass is 79.9. The number of ether oxygens (including phenoxy) is 1. The lowest BCUT2D eigenvalue weighted by Gasteiger charge is -2.09. The Labute approximate surface area is 96.5 Å². The maximum atomic E-state index is 10.6. The molecule has 80 valence electrons. The minimum atomic E-state index is -0.901. The molecule has 0 amide bonds. The van der Waals surface area contributed by atoms with Crippen LogP contribution in [0.15, 0.2) is 29.3 Å². The molecule has 0 unspecified atom stereocenters. The predicted molar refractivity (Wildman–Crippen MR) is 62.0 cm³/mol. The number of halogens is 1. The first kappa shape index (κ1) is 11.8. The van der Waals surface area contributed by atoms with Gasteiger partial charge in [-0.2, -0.15) is 0 Å². The van der Waals surface area contributed by atoms with Crippen LogP contribution < -0.4 is 4.74 Å². The van der Waals surface area contributed by atoms with Gasteiger partial charge in [0.2, 0.25) is 0 Å². The van der Waals surface area contributed by atoms with Crippen LogP contribution in [0.4, 0.5) is 0 Å². The average molecular weight is 271 g/mol. The van der Waals surface area contributed by atoms with Crippen molar-refractivity contribution in [1.82, 2.24) is 0 Å². The van der Waals surface area contributed by atoms with Gasteiger partial charge in [-0.15, -0.1) is 0 Å². The van der Waals surface area contributed by atoms with Crippen LogP contribution >= 0.6 is 15.9 Å². The monoisotopic (exact) mass is 270 g/mol. The van der Waals surface area contributed by atoms with Gasteiger partial charge in [0.25, 0.3) is 0 Å². The summed E-state index contributed by atoms with van der Waals surface area (Å²) in [5, 5.41) is 8.66. The second-order valence-electron chi connectivity index (χ2n) is 3.02. The van der Waals surface area contributed by atoms with E-state index in [2.05, 4.69) is 22.5 Å². The van der Waals surface area contributed by atoms with Gasteiger partial charge in [0.1, 0.15) is 5.75 Å². The first-order valence-corrected chi connectivity index (χ1v) is 5.07. The number of methoxy groups -OCH3 is 1. The summed E-state index contributed by atoms with van der Waals surface area (Å²) < 4.78 is 5.99. The second-order valence-corrected chi connectivity index (χ2v) is 3.93. The maximum Gasteiger partial charge on any atom is 0.307 e. The second kappa shape index (κ2) is 4.98. The molecule has 0 atom stereocenters. The van der Waals surface area contributed by atoms with Crippen molar-refractivity contribution in [2.24, 2.45) is 0 Å². The van der Waals surface area contributed by atoms with Crippen LogP contribution in [0.25, 0.3) is 5.57 Å². The molecule has 4 heteroatoms. The average Bonchev–Trinajstić information content (AvgIpc) is 2.16. The third kappa shape index (κ3) is 3.09. The first-order valence-electron chi connectivity index (χ1n) is 4.28. The van der Waals surface area contributed by atoms with Gasteiger partial charge in [0.05, 0.1) is 13.5 Å². The van der Waals surface area contributed by atoms with E-state index >= 15 is 0 Å². The van der Waals surface area contributed by atoms with Crippen LogP contribution in [0.1, 0.15) is 12.0 Å². The highest BCUT2D eigenvalue weighted by Crippen LogP contribution is 2.29. The summed E-state index contributed by atoms with van der Waals surface area (Å²) in [5.74, 6) is -0.272. The highest BCUT2D eigenvalue weighted by molar-refractivity contribution is 9.10. The van der Waals surface area contributed by atoms with Gasteiger partial charge < -0.3 is 9.84 Å². The third-order valence-electron chi connectivity index (χ3n) is 1.91. The van der Waals surface area contributed by atoms with Crippen LogP contribution in [-0.2, 0) is 4.79 Å². The lowest BCUT2D eigenvalue weighted by atomic mass is 10.0. The molecule has 3 nitrogen and oxygen atoms in total. The fourth-order valence-corrected chi connectivity index (χ4v) is 1.60. The third-order valence-corrected chi connectivity index (χ3v) is 2.40. The Morgan fingerprint density at radius 3 is 2.80 bits per heavy atom. The molecule has 0 aromatic heterocycles. The molecule has 0 saturated heterocycles. The van der Waals surface area contributed by atoms with Gasteiger partial charge in [-0.3, -0.25) is 4.79 Å². The zero-order chi connectivity index (χ0) is 11.4. The van der Waals surface area contributed by atoms with Crippen molar-refractivity contribution in [1.29, 1.82) is 0 Å². The van der Waals surface area contributed by atoms with E-state index in [9.17, 15) is 4.79 Å². The Bertz CT molecular complexity index is 399. The molecular weight excluding hydrogens is 260 g/mol. The summed E-state index contributed by atoms with van der Waals surface area (Å²) in [6, 6.07) is 5.40. The standard InChI is InChI=1S/C11H11BrO3/c1-7(5-11(13)14)9-6-8(12)3-4-10(9)15-2/h3-4,6H,1,5H2,2H3,(H,13,14). The quantitative estimate of drug-likeness (QED) is 0.915. The smallest absolute Gasteiger partial charge is 0.307 e. The van der Waals surface area contributed by atoms with Crippen LogP contribution in [0.3, 0.4) is 0 Å². The van der Waals surface area contributed by atoms with Crippen LogP contribution in [0, 0.1) is 0 Å². The molecule has 1 N–H and O–H groups in total. The van der Waals surface area contributed by atoms with E-state index < -0.39 is 5.97 Å². The number of hydrogen-bond acceptors (Lipinski definition) is 2. The fourth-order valence-electron chi connectivity index (χ4n) is 1.23. The van der Waals surface area contributed by atoms with Gasteiger partial charge in [0, 0.05) is 10.0 Å². The van der Waals surface area contributed by atoms with Crippen molar-refractivity contribution in [2.75, 3.05) is 7.11 Å². The normalized spacial score (nSPS) is 9.73. The van der Waals surface area contributed by atoms with Crippen molar-refractivity contribution in [2.45, 2.75) is 6.42 Å². The molecule has 1 aromatic carbocycles. The molecule has 0 saturated carbocycles. The number of hydrogen-bond donors (Lipinski definition) is 1. The maximum absolute atomic E-state index is 10.6. The summed E-state index contributed by atoms with van der Waals surface area (Å²) in [4.78, 5) is 10.6.